The van der Waals surface area contributed by atoms with E-state index in [1.165, 1.54) is 0 Å². The number of ketones is 2. The van der Waals surface area contributed by atoms with Gasteiger partial charge in [0.05, 0.1) is 6.10 Å². The van der Waals surface area contributed by atoms with Crippen LogP contribution in [0.4, 0.5) is 0 Å². The van der Waals surface area contributed by atoms with Crippen molar-refractivity contribution >= 4 is 11.6 Å². The highest BCUT2D eigenvalue weighted by Crippen LogP contribution is 2.70. The number of rotatable bonds is 2. The zero-order chi connectivity index (χ0) is 18.3. The summed E-state index contributed by atoms with van der Waals surface area (Å²) in [5.74, 6) is 0.663. The largest absolute Gasteiger partial charge is 0.389 e. The van der Waals surface area contributed by atoms with Gasteiger partial charge in [-0.1, -0.05) is 12.5 Å². The highest BCUT2D eigenvalue weighted by atomic mass is 16.6. The molecule has 3 saturated carbocycles. The summed E-state index contributed by atoms with van der Waals surface area (Å²) >= 11 is 0. The van der Waals surface area contributed by atoms with E-state index in [1.54, 1.807) is 0 Å². The molecule has 1 spiro atoms. The second-order valence-corrected chi connectivity index (χ2v) is 9.32. The van der Waals surface area contributed by atoms with Crippen LogP contribution in [-0.4, -0.2) is 40.8 Å². The maximum atomic E-state index is 12.4. The van der Waals surface area contributed by atoms with Crippen molar-refractivity contribution in [2.45, 2.75) is 57.8 Å². The molecule has 5 aliphatic rings. The van der Waals surface area contributed by atoms with Crippen molar-refractivity contribution < 1.29 is 24.5 Å². The minimum Gasteiger partial charge on any atom is -0.389 e. The number of Topliss-reactive ketones (excluding diaryl/α,β-unsaturated/α-hetero) is 1. The Morgan fingerprint density at radius 2 is 2.19 bits per heavy atom. The first-order chi connectivity index (χ1) is 12.4. The number of aliphatic hydroxyl groups excluding tert-OH is 2. The zero-order valence-electron chi connectivity index (χ0n) is 15.2. The van der Waals surface area contributed by atoms with E-state index in [4.69, 9.17) is 4.74 Å². The molecule has 0 aromatic rings. The Bertz CT molecular complexity index is 699. The van der Waals surface area contributed by atoms with Crippen LogP contribution in [0.2, 0.25) is 0 Å². The second kappa shape index (κ2) is 5.49. The molecule has 8 atom stereocenters. The number of allylic oxidation sites excluding steroid dienone is 1. The Labute approximate surface area is 153 Å². The van der Waals surface area contributed by atoms with Crippen molar-refractivity contribution in [1.82, 2.24) is 0 Å². The van der Waals surface area contributed by atoms with Crippen LogP contribution >= 0.6 is 0 Å². The molecule has 5 rings (SSSR count). The first kappa shape index (κ1) is 17.1. The highest BCUT2D eigenvalue weighted by molar-refractivity contribution is 5.92. The molecular weight excluding hydrogens is 332 g/mol. The van der Waals surface area contributed by atoms with Gasteiger partial charge in [0.1, 0.15) is 6.61 Å². The lowest BCUT2D eigenvalue weighted by Gasteiger charge is -2.57. The molecule has 1 heterocycles. The smallest absolute Gasteiger partial charge is 0.162 e. The number of aliphatic hydroxyl groups is 2. The summed E-state index contributed by atoms with van der Waals surface area (Å²) in [6.45, 7) is 1.80. The van der Waals surface area contributed by atoms with Gasteiger partial charge in [-0.15, -0.1) is 0 Å². The molecule has 4 aliphatic carbocycles. The average Bonchev–Trinajstić information content (AvgIpc) is 3.14. The van der Waals surface area contributed by atoms with Gasteiger partial charge in [0.25, 0.3) is 0 Å². The van der Waals surface area contributed by atoms with Gasteiger partial charge in [-0.05, 0) is 67.8 Å². The van der Waals surface area contributed by atoms with Gasteiger partial charge in [-0.25, -0.2) is 0 Å². The first-order valence-corrected chi connectivity index (χ1v) is 9.97. The molecule has 1 aliphatic heterocycles. The minimum absolute atomic E-state index is 0.0753. The summed E-state index contributed by atoms with van der Waals surface area (Å²) in [5.41, 5.74) is 0.534. The van der Waals surface area contributed by atoms with E-state index in [2.05, 4.69) is 13.3 Å². The summed E-state index contributed by atoms with van der Waals surface area (Å²) in [5, 5.41) is 20.3. The highest BCUT2D eigenvalue weighted by Gasteiger charge is 2.71. The minimum atomic E-state index is -0.924. The summed E-state index contributed by atoms with van der Waals surface area (Å²) in [4.78, 5) is 24.3. The summed E-state index contributed by atoms with van der Waals surface area (Å²) in [6, 6.07) is 0. The average molecular weight is 359 g/mol. The number of ether oxygens (including phenoxy) is 1. The van der Waals surface area contributed by atoms with Crippen LogP contribution in [-0.2, 0) is 14.3 Å². The lowest BCUT2D eigenvalue weighted by molar-refractivity contribution is -0.160. The quantitative estimate of drug-likeness (QED) is 0.786. The third-order valence-electron chi connectivity index (χ3n) is 8.56. The normalized spacial score (nSPS) is 52.1. The number of hydrogen-bond donors (Lipinski definition) is 2. The summed E-state index contributed by atoms with van der Waals surface area (Å²) < 4.78 is 6.12. The van der Waals surface area contributed by atoms with Gasteiger partial charge in [-0.2, -0.15) is 0 Å². The van der Waals surface area contributed by atoms with Crippen LogP contribution in [0.25, 0.3) is 0 Å². The predicted octanol–water partition coefficient (Wildman–Crippen LogP) is 1.82. The molecule has 26 heavy (non-hydrogen) atoms. The molecule has 2 bridgehead atoms. The number of carbonyl (C=O) groups is 2. The van der Waals surface area contributed by atoms with E-state index < -0.39 is 18.3 Å². The SMILES string of the molecule is C[C@]12CCC(=O)C=C1[CH]C[C@H]1[C@@H]3CC[C@H](C(=O)CO)[C@@]34CC(OC4O)[C@@H]12. The topological polar surface area (TPSA) is 83.8 Å². The molecule has 2 N–H and O–H groups in total. The Morgan fingerprint density at radius 1 is 1.38 bits per heavy atom. The summed E-state index contributed by atoms with van der Waals surface area (Å²) in [7, 11) is 0. The maximum Gasteiger partial charge on any atom is 0.162 e. The van der Waals surface area contributed by atoms with Crippen LogP contribution in [0.3, 0.4) is 0 Å². The first-order valence-electron chi connectivity index (χ1n) is 9.97. The fraction of sp³-hybridized carbons (Fsp3) is 0.762. The van der Waals surface area contributed by atoms with Crippen LogP contribution < -0.4 is 0 Å². The van der Waals surface area contributed by atoms with Gasteiger partial charge in [0.2, 0.25) is 0 Å². The van der Waals surface area contributed by atoms with Crippen molar-refractivity contribution in [2.75, 3.05) is 6.61 Å². The van der Waals surface area contributed by atoms with Gasteiger partial charge >= 0.3 is 0 Å². The molecule has 0 amide bonds. The molecule has 2 unspecified atom stereocenters. The molecule has 4 fully saturated rings. The number of carbonyl (C=O) groups excluding carboxylic acids is 2. The maximum absolute atomic E-state index is 12.4. The standard InChI is InChI=1S/C21H27O5/c1-20-7-6-12(23)8-11(20)2-3-13-14-4-5-15(16(24)10-22)21(14)9-17(18(13)20)26-19(21)25/h2,8,13-15,17-19,22,25H,3-7,9-10H2,1H3/t13-,14-,15+,17?,18+,19?,20-,21+/m0/s1. The molecular formula is C21H27O5. The third kappa shape index (κ3) is 1.92. The van der Waals surface area contributed by atoms with Crippen LogP contribution in [0, 0.1) is 40.9 Å². The number of hydrogen-bond acceptors (Lipinski definition) is 5. The van der Waals surface area contributed by atoms with Gasteiger partial charge in [-0.3, -0.25) is 9.59 Å². The van der Waals surface area contributed by atoms with Crippen molar-refractivity contribution in [1.29, 1.82) is 0 Å². The van der Waals surface area contributed by atoms with Crippen molar-refractivity contribution in [3.8, 4) is 0 Å². The van der Waals surface area contributed by atoms with Gasteiger partial charge in [0, 0.05) is 17.8 Å². The molecule has 0 aromatic heterocycles. The molecule has 5 nitrogen and oxygen atoms in total. The van der Waals surface area contributed by atoms with E-state index in [-0.39, 0.29) is 40.8 Å². The second-order valence-electron chi connectivity index (χ2n) is 9.32. The molecule has 141 valence electrons. The monoisotopic (exact) mass is 359 g/mol. The lowest BCUT2D eigenvalue weighted by atomic mass is 9.46. The van der Waals surface area contributed by atoms with Crippen LogP contribution in [0.15, 0.2) is 11.6 Å². The predicted molar refractivity (Wildman–Crippen MR) is 92.6 cm³/mol. The molecule has 1 radical (unpaired) electrons. The van der Waals surface area contributed by atoms with E-state index in [0.717, 1.165) is 31.3 Å². The van der Waals surface area contributed by atoms with Crippen molar-refractivity contribution in [3.05, 3.63) is 18.1 Å². The van der Waals surface area contributed by atoms with Crippen molar-refractivity contribution in [2.24, 2.45) is 34.5 Å². The fourth-order valence-corrected chi connectivity index (χ4v) is 7.55. The van der Waals surface area contributed by atoms with Crippen molar-refractivity contribution in [3.63, 3.8) is 0 Å². The Hall–Kier alpha value is -1.04. The Balaban J connectivity index is 1.57. The van der Waals surface area contributed by atoms with E-state index >= 15 is 0 Å². The van der Waals surface area contributed by atoms with E-state index in [0.29, 0.717) is 18.8 Å². The Morgan fingerprint density at radius 3 is 2.96 bits per heavy atom. The van der Waals surface area contributed by atoms with Gasteiger partial charge in [0.15, 0.2) is 17.9 Å². The van der Waals surface area contributed by atoms with E-state index in [1.807, 2.05) is 6.08 Å². The molecule has 5 heteroatoms. The molecule has 0 aromatic carbocycles. The zero-order valence-corrected chi connectivity index (χ0v) is 15.2. The van der Waals surface area contributed by atoms with Crippen LogP contribution in [0.5, 0.6) is 0 Å². The van der Waals surface area contributed by atoms with Gasteiger partial charge < -0.3 is 14.9 Å². The lowest BCUT2D eigenvalue weighted by Crippen LogP contribution is -2.55. The third-order valence-corrected chi connectivity index (χ3v) is 8.56. The van der Waals surface area contributed by atoms with Crippen LogP contribution in [0.1, 0.15) is 45.4 Å². The summed E-state index contributed by atoms with van der Waals surface area (Å²) in [6.07, 6.45) is 7.69. The fourth-order valence-electron chi connectivity index (χ4n) is 7.55. The number of fused-ring (bicyclic) bond motifs is 6. The molecule has 1 saturated heterocycles. The van der Waals surface area contributed by atoms with E-state index in [9.17, 15) is 19.8 Å². The Kier molecular flexibility index (Phi) is 3.61.